The molecule has 2 atom stereocenters. The van der Waals surface area contributed by atoms with Crippen molar-refractivity contribution in [1.29, 1.82) is 0 Å². The number of aryl methyl sites for hydroxylation is 1. The smallest absolute Gasteiger partial charge is 0.310 e. The molecule has 1 saturated heterocycles. The lowest BCUT2D eigenvalue weighted by atomic mass is 9.81. The lowest BCUT2D eigenvalue weighted by Crippen LogP contribution is -2.44. The van der Waals surface area contributed by atoms with Crippen molar-refractivity contribution < 1.29 is 19.1 Å². The third-order valence-corrected chi connectivity index (χ3v) is 7.12. The van der Waals surface area contributed by atoms with Crippen LogP contribution in [0.4, 0.5) is 0 Å². The molecule has 1 aliphatic rings. The van der Waals surface area contributed by atoms with Gasteiger partial charge in [-0.05, 0) is 74.5 Å². The fraction of sp³-hybridized carbons (Fsp3) is 0.414. The van der Waals surface area contributed by atoms with Crippen molar-refractivity contribution in [3.63, 3.8) is 0 Å². The van der Waals surface area contributed by atoms with E-state index >= 15 is 0 Å². The van der Waals surface area contributed by atoms with Gasteiger partial charge in [-0.2, -0.15) is 0 Å². The van der Waals surface area contributed by atoms with Crippen LogP contribution in [0.15, 0.2) is 60.8 Å². The highest BCUT2D eigenvalue weighted by Gasteiger charge is 2.35. The number of ketones is 1. The van der Waals surface area contributed by atoms with E-state index in [0.717, 1.165) is 43.3 Å². The van der Waals surface area contributed by atoms with Crippen LogP contribution < -0.4 is 4.74 Å². The highest BCUT2D eigenvalue weighted by atomic mass is 16.5. The molecule has 6 heteroatoms. The zero-order valence-electron chi connectivity index (χ0n) is 20.6. The van der Waals surface area contributed by atoms with Gasteiger partial charge in [0.15, 0.2) is 5.78 Å². The van der Waals surface area contributed by atoms with Gasteiger partial charge in [0.1, 0.15) is 5.75 Å². The Kier molecular flexibility index (Phi) is 8.48. The molecular weight excluding hydrogens is 440 g/mol. The van der Waals surface area contributed by atoms with Gasteiger partial charge >= 0.3 is 5.97 Å². The summed E-state index contributed by atoms with van der Waals surface area (Å²) in [7, 11) is 3.06. The lowest BCUT2D eigenvalue weighted by Gasteiger charge is -2.37. The second kappa shape index (κ2) is 11.9. The summed E-state index contributed by atoms with van der Waals surface area (Å²) in [6, 6.07) is 17.8. The molecule has 3 aromatic rings. The number of carbonyl (C=O) groups is 2. The summed E-state index contributed by atoms with van der Waals surface area (Å²) in [5.74, 6) is 0.533. The van der Waals surface area contributed by atoms with Crippen LogP contribution in [0.25, 0.3) is 10.9 Å². The zero-order valence-corrected chi connectivity index (χ0v) is 20.6. The first-order valence-electron chi connectivity index (χ1n) is 12.4. The number of hydrogen-bond donors (Lipinski definition) is 0. The molecule has 0 spiro atoms. The van der Waals surface area contributed by atoms with Crippen LogP contribution in [0, 0.1) is 11.8 Å². The van der Waals surface area contributed by atoms with Crippen LogP contribution >= 0.6 is 0 Å². The third-order valence-electron chi connectivity index (χ3n) is 7.12. The molecule has 0 N–H and O–H groups in total. The SMILES string of the molecule is COC(=O)[C@H]1CN(CCCc2ccccc2)CCC1CCC(=O)c1ccnc2ccc(OC)cc12. The van der Waals surface area contributed by atoms with Crippen molar-refractivity contribution in [3.8, 4) is 5.75 Å². The summed E-state index contributed by atoms with van der Waals surface area (Å²) in [6.45, 7) is 2.59. The monoisotopic (exact) mass is 474 g/mol. The third kappa shape index (κ3) is 6.25. The van der Waals surface area contributed by atoms with E-state index in [1.165, 1.54) is 12.7 Å². The largest absolute Gasteiger partial charge is 0.497 e. The van der Waals surface area contributed by atoms with Crippen LogP contribution in [-0.4, -0.2) is 55.5 Å². The minimum absolute atomic E-state index is 0.0690. The molecule has 1 aromatic heterocycles. The Morgan fingerprint density at radius 1 is 1.09 bits per heavy atom. The first-order valence-corrected chi connectivity index (χ1v) is 12.4. The van der Waals surface area contributed by atoms with Gasteiger partial charge in [0.2, 0.25) is 0 Å². The molecule has 1 unspecified atom stereocenters. The Bertz CT molecular complexity index is 1150. The number of esters is 1. The maximum Gasteiger partial charge on any atom is 0.310 e. The summed E-state index contributed by atoms with van der Waals surface area (Å²) in [6.07, 6.45) is 5.71. The second-order valence-corrected chi connectivity index (χ2v) is 9.27. The normalized spacial score (nSPS) is 18.3. The first kappa shape index (κ1) is 24.9. The number of Topliss-reactive ketones (excluding diaryl/α,β-unsaturated/α-hetero) is 1. The van der Waals surface area contributed by atoms with E-state index in [0.29, 0.717) is 30.7 Å². The number of hydrogen-bond acceptors (Lipinski definition) is 6. The summed E-state index contributed by atoms with van der Waals surface area (Å²) in [5, 5.41) is 0.801. The second-order valence-electron chi connectivity index (χ2n) is 9.27. The maximum atomic E-state index is 13.2. The Morgan fingerprint density at radius 2 is 1.91 bits per heavy atom. The lowest BCUT2D eigenvalue weighted by molar-refractivity contribution is -0.150. The Labute approximate surface area is 207 Å². The number of benzene rings is 2. The number of nitrogens with zero attached hydrogens (tertiary/aromatic N) is 2. The zero-order chi connectivity index (χ0) is 24.6. The fourth-order valence-corrected chi connectivity index (χ4v) is 5.13. The van der Waals surface area contributed by atoms with Crippen molar-refractivity contribution in [3.05, 3.63) is 71.9 Å². The predicted molar refractivity (Wildman–Crippen MR) is 137 cm³/mol. The molecule has 1 fully saturated rings. The molecule has 2 aromatic carbocycles. The summed E-state index contributed by atoms with van der Waals surface area (Å²) in [5.41, 5.74) is 2.77. The van der Waals surface area contributed by atoms with Crippen molar-refractivity contribution in [2.24, 2.45) is 11.8 Å². The number of carbonyl (C=O) groups excluding carboxylic acids is 2. The van der Waals surface area contributed by atoms with E-state index in [4.69, 9.17) is 9.47 Å². The standard InChI is InChI=1S/C29H34N2O4/c1-34-23-11-12-27-25(19-23)24(14-16-30-27)28(32)13-10-22-15-18-31(20-26(22)29(33)35-2)17-6-9-21-7-4-3-5-8-21/h3-5,7-8,11-12,14,16,19,22,26H,6,9-10,13,15,17-18,20H2,1-2H3/t22?,26-/m0/s1. The van der Waals surface area contributed by atoms with Gasteiger partial charge in [0.25, 0.3) is 0 Å². The van der Waals surface area contributed by atoms with Crippen LogP contribution in [0.1, 0.15) is 41.6 Å². The van der Waals surface area contributed by atoms with Gasteiger partial charge in [-0.1, -0.05) is 30.3 Å². The minimum atomic E-state index is -0.201. The average Bonchev–Trinajstić information content (AvgIpc) is 2.91. The minimum Gasteiger partial charge on any atom is -0.497 e. The topological polar surface area (TPSA) is 68.7 Å². The number of fused-ring (bicyclic) bond motifs is 1. The molecular formula is C29H34N2O4. The summed E-state index contributed by atoms with van der Waals surface area (Å²) < 4.78 is 10.5. The van der Waals surface area contributed by atoms with Gasteiger partial charge in [-0.3, -0.25) is 14.6 Å². The number of pyridine rings is 1. The van der Waals surface area contributed by atoms with Gasteiger partial charge in [-0.25, -0.2) is 0 Å². The van der Waals surface area contributed by atoms with Gasteiger partial charge in [0, 0.05) is 30.1 Å². The van der Waals surface area contributed by atoms with E-state index in [2.05, 4.69) is 34.1 Å². The highest BCUT2D eigenvalue weighted by Crippen LogP contribution is 2.31. The maximum absolute atomic E-state index is 13.2. The number of methoxy groups -OCH3 is 2. The Morgan fingerprint density at radius 3 is 2.69 bits per heavy atom. The molecule has 6 nitrogen and oxygen atoms in total. The number of piperidine rings is 1. The van der Waals surface area contributed by atoms with Gasteiger partial charge in [0.05, 0.1) is 25.7 Å². The van der Waals surface area contributed by atoms with E-state index in [1.807, 2.05) is 24.3 Å². The van der Waals surface area contributed by atoms with E-state index in [1.54, 1.807) is 19.4 Å². The molecule has 184 valence electrons. The fourth-order valence-electron chi connectivity index (χ4n) is 5.13. The molecule has 4 rings (SSSR count). The molecule has 0 saturated carbocycles. The summed E-state index contributed by atoms with van der Waals surface area (Å²) in [4.78, 5) is 32.6. The molecule has 2 heterocycles. The average molecular weight is 475 g/mol. The van der Waals surface area contributed by atoms with E-state index in [9.17, 15) is 9.59 Å². The number of aromatic nitrogens is 1. The Balaban J connectivity index is 1.36. The van der Waals surface area contributed by atoms with Crippen LogP contribution in [-0.2, 0) is 16.0 Å². The van der Waals surface area contributed by atoms with Crippen LogP contribution in [0.3, 0.4) is 0 Å². The summed E-state index contributed by atoms with van der Waals surface area (Å²) >= 11 is 0. The van der Waals surface area contributed by atoms with Crippen molar-refractivity contribution in [2.45, 2.75) is 32.1 Å². The predicted octanol–water partition coefficient (Wildman–Crippen LogP) is 4.95. The van der Waals surface area contributed by atoms with E-state index in [-0.39, 0.29) is 23.6 Å². The highest BCUT2D eigenvalue weighted by molar-refractivity contribution is 6.07. The first-order chi connectivity index (χ1) is 17.1. The van der Waals surface area contributed by atoms with Crippen LogP contribution in [0.2, 0.25) is 0 Å². The molecule has 0 radical (unpaired) electrons. The van der Waals surface area contributed by atoms with Crippen molar-refractivity contribution in [2.75, 3.05) is 33.9 Å². The van der Waals surface area contributed by atoms with Crippen LogP contribution in [0.5, 0.6) is 5.75 Å². The van der Waals surface area contributed by atoms with Crippen molar-refractivity contribution >= 4 is 22.7 Å². The van der Waals surface area contributed by atoms with Gasteiger partial charge < -0.3 is 14.4 Å². The molecule has 0 aliphatic carbocycles. The van der Waals surface area contributed by atoms with Gasteiger partial charge in [-0.15, -0.1) is 0 Å². The number of rotatable bonds is 10. The van der Waals surface area contributed by atoms with Crippen molar-refractivity contribution in [1.82, 2.24) is 9.88 Å². The number of likely N-dealkylation sites (tertiary alicyclic amines) is 1. The molecule has 1 aliphatic heterocycles. The molecule has 0 bridgehead atoms. The quantitative estimate of drug-likeness (QED) is 0.306. The molecule has 35 heavy (non-hydrogen) atoms. The Hall–Kier alpha value is -3.25. The number of ether oxygens (including phenoxy) is 2. The van der Waals surface area contributed by atoms with E-state index < -0.39 is 0 Å². The molecule has 0 amide bonds.